The lowest BCUT2D eigenvalue weighted by molar-refractivity contribution is -0.167. The van der Waals surface area contributed by atoms with Crippen LogP contribution in [0.1, 0.15) is 323 Å². The van der Waals surface area contributed by atoms with Gasteiger partial charge in [0.2, 0.25) is 0 Å². The van der Waals surface area contributed by atoms with Crippen molar-refractivity contribution >= 4 is 17.9 Å². The van der Waals surface area contributed by atoms with Crippen molar-refractivity contribution in [2.75, 3.05) is 13.2 Å². The van der Waals surface area contributed by atoms with Crippen molar-refractivity contribution in [3.8, 4) is 0 Å². The summed E-state index contributed by atoms with van der Waals surface area (Å²) in [5.41, 5.74) is 0. The average Bonchev–Trinajstić information content (AvgIpc) is 3.46. The lowest BCUT2D eigenvalue weighted by atomic mass is 10.1. The summed E-state index contributed by atoms with van der Waals surface area (Å²) in [5.74, 6) is -0.892. The van der Waals surface area contributed by atoms with Crippen molar-refractivity contribution in [1.82, 2.24) is 0 Å². The van der Waals surface area contributed by atoms with E-state index in [9.17, 15) is 14.4 Å². The van der Waals surface area contributed by atoms with E-state index in [2.05, 4.69) is 130 Å². The van der Waals surface area contributed by atoms with Crippen LogP contribution < -0.4 is 0 Å². The predicted molar refractivity (Wildman–Crippen MR) is 348 cm³/mol. The van der Waals surface area contributed by atoms with Crippen molar-refractivity contribution < 1.29 is 28.6 Å². The Morgan fingerprint density at radius 3 is 0.787 bits per heavy atom. The van der Waals surface area contributed by atoms with Crippen LogP contribution in [0.4, 0.5) is 0 Å². The van der Waals surface area contributed by atoms with Gasteiger partial charge in [-0.2, -0.15) is 0 Å². The lowest BCUT2D eigenvalue weighted by Gasteiger charge is -2.18. The van der Waals surface area contributed by atoms with Crippen molar-refractivity contribution in [1.29, 1.82) is 0 Å². The first-order valence-electron chi connectivity index (χ1n) is 33.9. The molecule has 458 valence electrons. The van der Waals surface area contributed by atoms with E-state index >= 15 is 0 Å². The number of ether oxygens (including phenoxy) is 3. The van der Waals surface area contributed by atoms with E-state index in [1.165, 1.54) is 167 Å². The molecule has 0 saturated heterocycles. The third-order valence-electron chi connectivity index (χ3n) is 14.5. The number of hydrogen-bond acceptors (Lipinski definition) is 6. The van der Waals surface area contributed by atoms with Gasteiger partial charge in [0.15, 0.2) is 6.10 Å². The number of rotatable bonds is 61. The van der Waals surface area contributed by atoms with Gasteiger partial charge in [-0.05, 0) is 128 Å². The zero-order chi connectivity index (χ0) is 57.8. The van der Waals surface area contributed by atoms with E-state index in [-0.39, 0.29) is 31.1 Å². The summed E-state index contributed by atoms with van der Waals surface area (Å²) in [4.78, 5) is 38.4. The molecule has 1 atom stereocenters. The molecule has 6 nitrogen and oxygen atoms in total. The van der Waals surface area contributed by atoms with E-state index < -0.39 is 6.10 Å². The van der Waals surface area contributed by atoms with E-state index in [0.717, 1.165) is 116 Å². The van der Waals surface area contributed by atoms with Crippen LogP contribution in [-0.2, 0) is 28.6 Å². The monoisotopic (exact) mass is 1110 g/mol. The van der Waals surface area contributed by atoms with Gasteiger partial charge in [0, 0.05) is 19.3 Å². The van der Waals surface area contributed by atoms with Crippen LogP contribution in [0.25, 0.3) is 0 Å². The number of carbonyl (C=O) groups excluding carboxylic acids is 3. The van der Waals surface area contributed by atoms with Crippen LogP contribution in [0.2, 0.25) is 0 Å². The van der Waals surface area contributed by atoms with Crippen LogP contribution in [-0.4, -0.2) is 37.2 Å². The molecular weight excluding hydrogens is 985 g/mol. The van der Waals surface area contributed by atoms with E-state index in [0.29, 0.717) is 19.3 Å². The second-order valence-corrected chi connectivity index (χ2v) is 22.3. The predicted octanol–water partition coefficient (Wildman–Crippen LogP) is 23.4. The third-order valence-corrected chi connectivity index (χ3v) is 14.5. The zero-order valence-corrected chi connectivity index (χ0v) is 52.6. The molecule has 0 spiro atoms. The van der Waals surface area contributed by atoms with Crippen LogP contribution in [0, 0.1) is 0 Å². The van der Waals surface area contributed by atoms with E-state index in [1.807, 2.05) is 0 Å². The van der Waals surface area contributed by atoms with Crippen LogP contribution in [0.3, 0.4) is 0 Å². The molecule has 0 aromatic rings. The molecule has 0 rings (SSSR count). The fourth-order valence-corrected chi connectivity index (χ4v) is 9.41. The largest absolute Gasteiger partial charge is 0.462 e. The highest BCUT2D eigenvalue weighted by molar-refractivity contribution is 5.71. The van der Waals surface area contributed by atoms with Crippen molar-refractivity contribution in [3.63, 3.8) is 0 Å². The first kappa shape index (κ1) is 76.1. The van der Waals surface area contributed by atoms with Crippen molar-refractivity contribution in [3.05, 3.63) is 109 Å². The molecule has 0 aliphatic rings. The third kappa shape index (κ3) is 64.9. The Bertz CT molecular complexity index is 1610. The Labute approximate surface area is 495 Å². The normalized spacial score (nSPS) is 12.8. The fraction of sp³-hybridized carbons (Fsp3) is 0.716. The molecule has 0 aromatic carbocycles. The molecule has 0 bridgehead atoms. The number of hydrogen-bond donors (Lipinski definition) is 0. The van der Waals surface area contributed by atoms with E-state index in [4.69, 9.17) is 14.2 Å². The van der Waals surface area contributed by atoms with Gasteiger partial charge >= 0.3 is 17.9 Å². The smallest absolute Gasteiger partial charge is 0.306 e. The number of esters is 3. The molecule has 80 heavy (non-hydrogen) atoms. The summed E-state index contributed by atoms with van der Waals surface area (Å²) < 4.78 is 17.0. The molecule has 0 amide bonds. The van der Waals surface area contributed by atoms with Gasteiger partial charge in [-0.3, -0.25) is 14.4 Å². The minimum absolute atomic E-state index is 0.0855. The fourth-order valence-electron chi connectivity index (χ4n) is 9.41. The summed E-state index contributed by atoms with van der Waals surface area (Å²) >= 11 is 0. The van der Waals surface area contributed by atoms with Crippen LogP contribution >= 0.6 is 0 Å². The highest BCUT2D eigenvalue weighted by Gasteiger charge is 2.19. The lowest BCUT2D eigenvalue weighted by Crippen LogP contribution is -2.30. The quantitative estimate of drug-likeness (QED) is 0.0261. The Morgan fingerprint density at radius 1 is 0.263 bits per heavy atom. The summed E-state index contributed by atoms with van der Waals surface area (Å²) in [6.45, 7) is 6.50. The molecule has 0 saturated carbocycles. The van der Waals surface area contributed by atoms with Crippen LogP contribution in [0.5, 0.6) is 0 Å². The maximum Gasteiger partial charge on any atom is 0.306 e. The highest BCUT2D eigenvalue weighted by atomic mass is 16.6. The second-order valence-electron chi connectivity index (χ2n) is 22.3. The van der Waals surface area contributed by atoms with Gasteiger partial charge in [0.1, 0.15) is 13.2 Å². The van der Waals surface area contributed by atoms with Gasteiger partial charge < -0.3 is 14.2 Å². The first-order chi connectivity index (χ1) is 39.5. The van der Waals surface area contributed by atoms with Gasteiger partial charge in [-0.25, -0.2) is 0 Å². The maximum atomic E-state index is 12.9. The second kappa shape index (κ2) is 67.6. The number of carbonyl (C=O) groups is 3. The first-order valence-corrected chi connectivity index (χ1v) is 33.9. The molecule has 0 heterocycles. The summed E-state index contributed by atoms with van der Waals surface area (Å²) in [6.07, 6.45) is 92.3. The Hall–Kier alpha value is -3.93. The number of unbranched alkanes of at least 4 members (excludes halogenated alkanes) is 32. The SMILES string of the molecule is CC/C=C\C/C=C\C/C=C\C/C=C\C/C=C\CCCCCCCCCCCC(=O)OCC(COC(=O)CCCCCCCCC/C=C\C/C=C\CCCCCC)OC(=O)CCCCCCCCCCC/C=C\C/C=C\CCCCC. The van der Waals surface area contributed by atoms with Gasteiger partial charge in [0.05, 0.1) is 0 Å². The highest BCUT2D eigenvalue weighted by Crippen LogP contribution is 2.16. The maximum absolute atomic E-state index is 12.9. The molecular formula is C74H126O6. The molecule has 0 aliphatic carbocycles. The van der Waals surface area contributed by atoms with Gasteiger partial charge in [-0.1, -0.05) is 284 Å². The zero-order valence-electron chi connectivity index (χ0n) is 52.6. The Kier molecular flexibility index (Phi) is 64.3. The Morgan fingerprint density at radius 2 is 0.487 bits per heavy atom. The average molecular weight is 1110 g/mol. The van der Waals surface area contributed by atoms with Crippen molar-refractivity contribution in [2.45, 2.75) is 329 Å². The number of allylic oxidation sites excluding steroid dienone is 18. The molecule has 0 aliphatic heterocycles. The summed E-state index contributed by atoms with van der Waals surface area (Å²) in [6, 6.07) is 0. The molecule has 6 heteroatoms. The summed E-state index contributed by atoms with van der Waals surface area (Å²) in [7, 11) is 0. The molecule has 1 unspecified atom stereocenters. The van der Waals surface area contributed by atoms with Gasteiger partial charge in [0.25, 0.3) is 0 Å². The standard InChI is InChI=1S/C74H126O6/c1-4-7-10-13-16-19-22-25-28-31-34-35-36-37-38-39-41-43-46-49-52-55-58-61-64-67-73(76)79-70-71(69-78-72(75)66-63-60-57-54-51-48-45-42-33-30-27-24-21-18-15-12-9-6-3)80-74(77)68-65-62-59-56-53-50-47-44-40-32-29-26-23-20-17-14-11-8-5-2/h7,10,16-17,19-21,24-26,28-30,33-35,37-38,71H,4-6,8-9,11-15,18,22-23,27,31-32,36,39-70H2,1-3H3/b10-7-,19-16-,20-17-,24-21-,28-25-,29-26-,33-30-,35-34-,38-37-. The molecule has 0 fully saturated rings. The summed E-state index contributed by atoms with van der Waals surface area (Å²) in [5, 5.41) is 0. The van der Waals surface area contributed by atoms with E-state index in [1.54, 1.807) is 0 Å². The Balaban J connectivity index is 4.40. The van der Waals surface area contributed by atoms with Crippen LogP contribution in [0.15, 0.2) is 109 Å². The molecule has 0 aromatic heterocycles. The molecule has 0 N–H and O–H groups in total. The minimum Gasteiger partial charge on any atom is -0.462 e. The molecule has 0 radical (unpaired) electrons. The minimum atomic E-state index is -0.790. The van der Waals surface area contributed by atoms with Gasteiger partial charge in [-0.15, -0.1) is 0 Å². The topological polar surface area (TPSA) is 78.9 Å². The van der Waals surface area contributed by atoms with Crippen molar-refractivity contribution in [2.24, 2.45) is 0 Å².